The summed E-state index contributed by atoms with van der Waals surface area (Å²) >= 11 is 5.55. The molecule has 0 saturated heterocycles. The molecule has 1 aliphatic heterocycles. The smallest absolute Gasteiger partial charge is 0.343 e. The van der Waals surface area contributed by atoms with Crippen molar-refractivity contribution in [3.05, 3.63) is 70.9 Å². The van der Waals surface area contributed by atoms with Gasteiger partial charge in [0.1, 0.15) is 0 Å². The van der Waals surface area contributed by atoms with Gasteiger partial charge in [-0.15, -0.1) is 0 Å². The van der Waals surface area contributed by atoms with Crippen molar-refractivity contribution in [1.82, 2.24) is 10.2 Å². The van der Waals surface area contributed by atoms with Crippen LogP contribution in [0.3, 0.4) is 0 Å². The number of carbonyl (C=O) groups is 2. The molecule has 1 atom stereocenters. The molecule has 1 N–H and O–H groups in total. The summed E-state index contributed by atoms with van der Waals surface area (Å²) in [4.78, 5) is 26.9. The van der Waals surface area contributed by atoms with Crippen LogP contribution in [0.4, 0.5) is 0 Å². The first-order chi connectivity index (χ1) is 14.9. The number of nitrogens with one attached hydrogen (secondary N) is 1. The zero-order chi connectivity index (χ0) is 22.5. The summed E-state index contributed by atoms with van der Waals surface area (Å²) in [5.74, 6) is 0.193. The predicted octanol–water partition coefficient (Wildman–Crippen LogP) is 4.42. The maximum atomic E-state index is 12.5. The van der Waals surface area contributed by atoms with E-state index < -0.39 is 12.0 Å². The van der Waals surface area contributed by atoms with E-state index in [4.69, 9.17) is 21.7 Å². The molecule has 1 unspecified atom stereocenters. The fourth-order valence-electron chi connectivity index (χ4n) is 3.66. The third-order valence-corrected chi connectivity index (χ3v) is 5.49. The molecule has 3 rings (SSSR count). The Bertz CT molecular complexity index is 1030. The number of rotatable bonds is 7. The SMILES string of the molecule is CCCN1C(=S)NC(c2ccc(OC(=O)c3ccccc3)c(OC)c2)C(C(C)=O)=C1C. The molecule has 1 heterocycles. The number of esters is 1. The van der Waals surface area contributed by atoms with Crippen molar-refractivity contribution in [2.75, 3.05) is 13.7 Å². The van der Waals surface area contributed by atoms with Crippen molar-refractivity contribution in [1.29, 1.82) is 0 Å². The van der Waals surface area contributed by atoms with Gasteiger partial charge in [-0.3, -0.25) is 4.79 Å². The number of hydrogen-bond acceptors (Lipinski definition) is 5. The number of hydrogen-bond donors (Lipinski definition) is 1. The van der Waals surface area contributed by atoms with Gasteiger partial charge in [-0.25, -0.2) is 4.79 Å². The summed E-state index contributed by atoms with van der Waals surface area (Å²) in [6, 6.07) is 13.6. The van der Waals surface area contributed by atoms with Crippen LogP contribution in [0.25, 0.3) is 0 Å². The van der Waals surface area contributed by atoms with Crippen molar-refractivity contribution in [2.24, 2.45) is 0 Å². The second-order valence-corrected chi connectivity index (χ2v) is 7.64. The quantitative estimate of drug-likeness (QED) is 0.390. The molecule has 2 aromatic rings. The van der Waals surface area contributed by atoms with E-state index >= 15 is 0 Å². The monoisotopic (exact) mass is 438 g/mol. The number of ether oxygens (including phenoxy) is 2. The molecule has 2 aromatic carbocycles. The van der Waals surface area contributed by atoms with Crippen LogP contribution in [0.1, 0.15) is 49.2 Å². The van der Waals surface area contributed by atoms with Crippen LogP contribution in [-0.2, 0) is 4.79 Å². The van der Waals surface area contributed by atoms with E-state index in [0.29, 0.717) is 27.7 Å². The Balaban J connectivity index is 1.95. The second-order valence-electron chi connectivity index (χ2n) is 7.26. The maximum Gasteiger partial charge on any atom is 0.343 e. The van der Waals surface area contributed by atoms with Crippen molar-refractivity contribution in [2.45, 2.75) is 33.2 Å². The number of ketones is 1. The number of carbonyl (C=O) groups excluding carboxylic acids is 2. The maximum absolute atomic E-state index is 12.5. The standard InChI is InChI=1S/C24H26N2O4S/c1-5-13-26-15(2)21(16(3)27)22(25-24(26)31)18-11-12-19(20(14-18)29-4)30-23(28)17-9-7-6-8-10-17/h6-12,14,22H,5,13H2,1-4H3,(H,25,31). The summed E-state index contributed by atoms with van der Waals surface area (Å²) < 4.78 is 11.0. The summed E-state index contributed by atoms with van der Waals surface area (Å²) in [6.07, 6.45) is 0.907. The van der Waals surface area contributed by atoms with Crippen molar-refractivity contribution in [3.8, 4) is 11.5 Å². The van der Waals surface area contributed by atoms with Crippen LogP contribution >= 0.6 is 12.2 Å². The molecule has 0 fully saturated rings. The molecular formula is C24H26N2O4S. The number of thiocarbonyl (C=S) groups is 1. The highest BCUT2D eigenvalue weighted by atomic mass is 32.1. The Morgan fingerprint density at radius 2 is 1.84 bits per heavy atom. The number of benzene rings is 2. The van der Waals surface area contributed by atoms with Gasteiger partial charge in [0.15, 0.2) is 22.4 Å². The first kappa shape index (κ1) is 22.5. The van der Waals surface area contributed by atoms with Gasteiger partial charge in [-0.1, -0.05) is 31.2 Å². The summed E-state index contributed by atoms with van der Waals surface area (Å²) in [7, 11) is 1.51. The van der Waals surface area contributed by atoms with E-state index in [1.165, 1.54) is 7.11 Å². The molecule has 0 bridgehead atoms. The van der Waals surface area contributed by atoms with Crippen LogP contribution < -0.4 is 14.8 Å². The first-order valence-electron chi connectivity index (χ1n) is 10.1. The van der Waals surface area contributed by atoms with Gasteiger partial charge in [0.25, 0.3) is 0 Å². The first-order valence-corrected chi connectivity index (χ1v) is 10.5. The highest BCUT2D eigenvalue weighted by Crippen LogP contribution is 2.36. The van der Waals surface area contributed by atoms with Crippen LogP contribution in [0.15, 0.2) is 59.8 Å². The van der Waals surface area contributed by atoms with Gasteiger partial charge in [-0.2, -0.15) is 0 Å². The van der Waals surface area contributed by atoms with Crippen LogP contribution in [0, 0.1) is 0 Å². The van der Waals surface area contributed by atoms with E-state index in [9.17, 15) is 9.59 Å². The Morgan fingerprint density at radius 1 is 1.13 bits per heavy atom. The third kappa shape index (κ3) is 4.77. The fraction of sp³-hybridized carbons (Fsp3) is 0.292. The molecule has 0 spiro atoms. The number of Topliss-reactive ketones (excluding diaryl/α,β-unsaturated/α-hetero) is 1. The molecule has 0 saturated carbocycles. The van der Waals surface area contributed by atoms with Gasteiger partial charge >= 0.3 is 5.97 Å². The Kier molecular flexibility index (Phi) is 7.07. The van der Waals surface area contributed by atoms with E-state index in [-0.39, 0.29) is 5.78 Å². The topological polar surface area (TPSA) is 67.9 Å². The third-order valence-electron chi connectivity index (χ3n) is 5.16. The van der Waals surface area contributed by atoms with Gasteiger partial charge in [-0.05, 0) is 62.3 Å². The van der Waals surface area contributed by atoms with Gasteiger partial charge in [0, 0.05) is 17.8 Å². The minimum atomic E-state index is -0.473. The van der Waals surface area contributed by atoms with Crippen LogP contribution in [-0.4, -0.2) is 35.4 Å². The molecule has 7 heteroatoms. The van der Waals surface area contributed by atoms with Gasteiger partial charge < -0.3 is 19.7 Å². The lowest BCUT2D eigenvalue weighted by Gasteiger charge is -2.37. The summed E-state index contributed by atoms with van der Waals surface area (Å²) in [5.41, 5.74) is 2.74. The molecule has 0 aliphatic carbocycles. The highest BCUT2D eigenvalue weighted by Gasteiger charge is 2.32. The fourth-order valence-corrected chi connectivity index (χ4v) is 4.01. The van der Waals surface area contributed by atoms with Crippen molar-refractivity contribution in [3.63, 3.8) is 0 Å². The van der Waals surface area contributed by atoms with Gasteiger partial charge in [0.05, 0.1) is 18.7 Å². The molecule has 0 aromatic heterocycles. The minimum Gasteiger partial charge on any atom is -0.493 e. The highest BCUT2D eigenvalue weighted by molar-refractivity contribution is 7.80. The molecule has 1 aliphatic rings. The average Bonchev–Trinajstić information content (AvgIpc) is 2.76. The second kappa shape index (κ2) is 9.75. The lowest BCUT2D eigenvalue weighted by molar-refractivity contribution is -0.114. The lowest BCUT2D eigenvalue weighted by atomic mass is 9.92. The Morgan fingerprint density at radius 3 is 2.45 bits per heavy atom. The molecule has 6 nitrogen and oxygen atoms in total. The summed E-state index contributed by atoms with van der Waals surface area (Å²) in [6.45, 7) is 6.27. The van der Waals surface area contributed by atoms with Crippen molar-refractivity contribution < 1.29 is 19.1 Å². The number of allylic oxidation sites excluding steroid dienone is 1. The minimum absolute atomic E-state index is 0.0304. The van der Waals surface area contributed by atoms with E-state index in [1.54, 1.807) is 43.3 Å². The molecular weight excluding hydrogens is 412 g/mol. The van der Waals surface area contributed by atoms with E-state index in [0.717, 1.165) is 24.2 Å². The van der Waals surface area contributed by atoms with Gasteiger partial charge in [0.2, 0.25) is 0 Å². The van der Waals surface area contributed by atoms with E-state index in [2.05, 4.69) is 12.2 Å². The largest absolute Gasteiger partial charge is 0.493 e. The zero-order valence-corrected chi connectivity index (χ0v) is 18.9. The van der Waals surface area contributed by atoms with E-state index in [1.807, 2.05) is 24.0 Å². The zero-order valence-electron chi connectivity index (χ0n) is 18.1. The number of methoxy groups -OCH3 is 1. The Labute approximate surface area is 187 Å². The molecule has 162 valence electrons. The van der Waals surface area contributed by atoms with Crippen molar-refractivity contribution >= 4 is 29.1 Å². The van der Waals surface area contributed by atoms with Crippen LogP contribution in [0.5, 0.6) is 11.5 Å². The molecule has 0 amide bonds. The van der Waals surface area contributed by atoms with Crippen LogP contribution in [0.2, 0.25) is 0 Å². The average molecular weight is 439 g/mol. The summed E-state index contributed by atoms with van der Waals surface area (Å²) in [5, 5.41) is 3.86. The molecule has 31 heavy (non-hydrogen) atoms. The normalized spacial score (nSPS) is 16.1. The lowest BCUT2D eigenvalue weighted by Crippen LogP contribution is -2.47. The Hall–Kier alpha value is -3.19. The molecule has 0 radical (unpaired) electrons. The predicted molar refractivity (Wildman–Crippen MR) is 123 cm³/mol. The number of nitrogens with zero attached hydrogens (tertiary/aromatic N) is 1.